The van der Waals surface area contributed by atoms with Crippen LogP contribution in [-0.2, 0) is 4.79 Å². The van der Waals surface area contributed by atoms with Gasteiger partial charge < -0.3 is 28.8 Å². The molecule has 36 heavy (non-hydrogen) atoms. The highest BCUT2D eigenvalue weighted by Gasteiger charge is 2.44. The molecule has 1 atom stereocenters. The Labute approximate surface area is 212 Å². The van der Waals surface area contributed by atoms with Gasteiger partial charge in [-0.05, 0) is 69.7 Å². The number of furan rings is 1. The van der Waals surface area contributed by atoms with Crippen LogP contribution in [0.2, 0.25) is 0 Å². The van der Waals surface area contributed by atoms with E-state index in [9.17, 15) is 14.7 Å². The van der Waals surface area contributed by atoms with Crippen LogP contribution in [0, 0.1) is 6.92 Å². The van der Waals surface area contributed by atoms with Crippen molar-refractivity contribution < 1.29 is 28.6 Å². The Morgan fingerprint density at radius 3 is 2.53 bits per heavy atom. The minimum Gasteiger partial charge on any atom is -0.503 e. The molecule has 1 aromatic heterocycles. The van der Waals surface area contributed by atoms with Crippen molar-refractivity contribution in [2.24, 2.45) is 0 Å². The van der Waals surface area contributed by atoms with Gasteiger partial charge in [0.25, 0.3) is 5.91 Å². The lowest BCUT2D eigenvalue weighted by atomic mass is 9.94. The molecule has 1 unspecified atom stereocenters. The Bertz CT molecular complexity index is 1110. The quantitative estimate of drug-likeness (QED) is 0.295. The highest BCUT2D eigenvalue weighted by atomic mass is 16.5. The van der Waals surface area contributed by atoms with E-state index in [1.54, 1.807) is 48.2 Å². The minimum atomic E-state index is -0.792. The minimum absolute atomic E-state index is 0.000558. The van der Waals surface area contributed by atoms with Gasteiger partial charge in [-0.1, -0.05) is 32.6 Å². The van der Waals surface area contributed by atoms with E-state index in [1.165, 1.54) is 0 Å². The number of carbonyl (C=O) groups is 2. The maximum Gasteiger partial charge on any atom is 0.290 e. The van der Waals surface area contributed by atoms with Crippen molar-refractivity contribution in [1.82, 2.24) is 9.80 Å². The monoisotopic (exact) mass is 496 g/mol. The second kappa shape index (κ2) is 12.4. The topological polar surface area (TPSA) is 92.5 Å². The number of Topliss-reactive ketones (excluding diaryl/α,β-unsaturated/α-hetero) is 1. The van der Waals surface area contributed by atoms with Crippen LogP contribution >= 0.6 is 0 Å². The number of hydrogen-bond donors (Lipinski definition) is 1. The third-order valence-corrected chi connectivity index (χ3v) is 6.22. The van der Waals surface area contributed by atoms with Gasteiger partial charge in [-0.15, -0.1) is 0 Å². The van der Waals surface area contributed by atoms with Crippen LogP contribution in [0.15, 0.2) is 58.7 Å². The first-order chi connectivity index (χ1) is 17.4. The van der Waals surface area contributed by atoms with Crippen molar-refractivity contribution in [2.45, 2.75) is 40.2 Å². The largest absolute Gasteiger partial charge is 0.503 e. The molecule has 1 amide bonds. The fraction of sp³-hybridized carbons (Fsp3) is 0.429. The number of nitrogens with zero attached hydrogens (tertiary/aromatic N) is 2. The molecule has 0 fully saturated rings. The molecule has 8 heteroatoms. The smallest absolute Gasteiger partial charge is 0.290 e. The standard InChI is InChI=1S/C28H36N2O6/c1-6-17-35-21-14-12-20(18-23(21)34-9-4)25-24(26(31)22-13-11-19(5)36-22)27(32)28(33)30(25)16-10-15-29(7-2)8-3/h6,11-14,18,25,32H,1,7-10,15-17H2,2-5H3. The summed E-state index contributed by atoms with van der Waals surface area (Å²) in [6, 6.07) is 7.74. The van der Waals surface area contributed by atoms with E-state index < -0.39 is 23.5 Å². The number of amides is 1. The lowest BCUT2D eigenvalue weighted by Crippen LogP contribution is -2.34. The average Bonchev–Trinajstić information content (AvgIpc) is 3.42. The van der Waals surface area contributed by atoms with Gasteiger partial charge in [-0.2, -0.15) is 0 Å². The fourth-order valence-electron chi connectivity index (χ4n) is 4.39. The number of aliphatic hydroxyl groups is 1. The molecule has 8 nitrogen and oxygen atoms in total. The van der Waals surface area contributed by atoms with Crippen molar-refractivity contribution in [2.75, 3.05) is 39.4 Å². The van der Waals surface area contributed by atoms with Crippen molar-refractivity contribution in [3.8, 4) is 11.5 Å². The molecule has 0 spiro atoms. The zero-order valence-electron chi connectivity index (χ0n) is 21.6. The van der Waals surface area contributed by atoms with Crippen LogP contribution in [0.25, 0.3) is 0 Å². The number of rotatable bonds is 14. The molecule has 2 aromatic rings. The van der Waals surface area contributed by atoms with E-state index >= 15 is 0 Å². The number of benzene rings is 1. The second-order valence-corrected chi connectivity index (χ2v) is 8.52. The van der Waals surface area contributed by atoms with Gasteiger partial charge in [-0.3, -0.25) is 9.59 Å². The molecular weight excluding hydrogens is 460 g/mol. The molecule has 1 N–H and O–H groups in total. The summed E-state index contributed by atoms with van der Waals surface area (Å²) >= 11 is 0. The number of ether oxygens (including phenoxy) is 2. The first-order valence-electron chi connectivity index (χ1n) is 12.4. The summed E-state index contributed by atoms with van der Waals surface area (Å²) in [4.78, 5) is 30.5. The van der Waals surface area contributed by atoms with E-state index in [0.29, 0.717) is 49.0 Å². The van der Waals surface area contributed by atoms with Crippen molar-refractivity contribution in [1.29, 1.82) is 0 Å². The van der Waals surface area contributed by atoms with Gasteiger partial charge >= 0.3 is 0 Å². The number of hydrogen-bond acceptors (Lipinski definition) is 7. The summed E-state index contributed by atoms with van der Waals surface area (Å²) in [5.74, 6) is 0.0173. The highest BCUT2D eigenvalue weighted by Crippen LogP contribution is 2.42. The van der Waals surface area contributed by atoms with Crippen LogP contribution in [0.5, 0.6) is 11.5 Å². The summed E-state index contributed by atoms with van der Waals surface area (Å²) in [6.45, 7) is 15.1. The van der Waals surface area contributed by atoms with Crippen LogP contribution in [0.4, 0.5) is 0 Å². The first kappa shape index (κ1) is 27.1. The number of aliphatic hydroxyl groups excluding tert-OH is 1. The van der Waals surface area contributed by atoms with Gasteiger partial charge in [0.15, 0.2) is 23.0 Å². The first-order valence-corrected chi connectivity index (χ1v) is 12.4. The molecule has 0 saturated carbocycles. The normalized spacial score (nSPS) is 15.6. The Kier molecular flexibility index (Phi) is 9.36. The molecule has 1 aliphatic heterocycles. The van der Waals surface area contributed by atoms with Gasteiger partial charge in [0, 0.05) is 6.54 Å². The van der Waals surface area contributed by atoms with Crippen molar-refractivity contribution in [3.05, 3.63) is 71.4 Å². The molecule has 194 valence electrons. The third kappa shape index (κ3) is 5.82. The summed E-state index contributed by atoms with van der Waals surface area (Å²) in [7, 11) is 0. The molecule has 3 rings (SSSR count). The fourth-order valence-corrected chi connectivity index (χ4v) is 4.39. The van der Waals surface area contributed by atoms with E-state index in [2.05, 4.69) is 25.3 Å². The molecule has 0 radical (unpaired) electrons. The molecule has 2 heterocycles. The Hall–Kier alpha value is -3.52. The lowest BCUT2D eigenvalue weighted by Gasteiger charge is -2.28. The predicted octanol–water partition coefficient (Wildman–Crippen LogP) is 4.86. The second-order valence-electron chi connectivity index (χ2n) is 8.52. The summed E-state index contributed by atoms with van der Waals surface area (Å²) in [5, 5.41) is 10.9. The van der Waals surface area contributed by atoms with E-state index in [-0.39, 0.29) is 11.3 Å². The molecule has 1 aliphatic rings. The Balaban J connectivity index is 2.03. The molecule has 0 bridgehead atoms. The van der Waals surface area contributed by atoms with E-state index in [0.717, 1.165) is 19.6 Å². The zero-order valence-corrected chi connectivity index (χ0v) is 21.6. The zero-order chi connectivity index (χ0) is 26.2. The highest BCUT2D eigenvalue weighted by molar-refractivity contribution is 6.15. The average molecular weight is 497 g/mol. The van der Waals surface area contributed by atoms with Crippen LogP contribution in [0.1, 0.15) is 55.1 Å². The SMILES string of the molecule is C=CCOc1ccc(C2C(C(=O)c3ccc(C)o3)=C(O)C(=O)N2CCCN(CC)CC)cc1OCC. The van der Waals surface area contributed by atoms with E-state index in [1.807, 2.05) is 6.92 Å². The summed E-state index contributed by atoms with van der Waals surface area (Å²) in [6.07, 6.45) is 2.33. The van der Waals surface area contributed by atoms with Gasteiger partial charge in [0.1, 0.15) is 12.4 Å². The Morgan fingerprint density at radius 2 is 1.92 bits per heavy atom. The molecular formula is C28H36N2O6. The summed E-state index contributed by atoms with van der Waals surface area (Å²) in [5.41, 5.74) is 0.635. The van der Waals surface area contributed by atoms with Crippen LogP contribution < -0.4 is 9.47 Å². The predicted molar refractivity (Wildman–Crippen MR) is 138 cm³/mol. The van der Waals surface area contributed by atoms with Crippen LogP contribution in [-0.4, -0.2) is 66.0 Å². The maximum atomic E-state index is 13.5. The maximum absolute atomic E-state index is 13.5. The van der Waals surface area contributed by atoms with Gasteiger partial charge in [0.05, 0.1) is 18.2 Å². The van der Waals surface area contributed by atoms with Gasteiger partial charge in [-0.25, -0.2) is 0 Å². The number of ketones is 1. The third-order valence-electron chi connectivity index (χ3n) is 6.22. The number of aryl methyl sites for hydroxylation is 1. The number of carbonyl (C=O) groups excluding carboxylic acids is 2. The molecule has 0 saturated heterocycles. The Morgan fingerprint density at radius 1 is 1.17 bits per heavy atom. The van der Waals surface area contributed by atoms with Crippen molar-refractivity contribution >= 4 is 11.7 Å². The molecule has 0 aliphatic carbocycles. The summed E-state index contributed by atoms with van der Waals surface area (Å²) < 4.78 is 17.1. The van der Waals surface area contributed by atoms with Crippen LogP contribution in [0.3, 0.4) is 0 Å². The lowest BCUT2D eigenvalue weighted by molar-refractivity contribution is -0.129. The van der Waals surface area contributed by atoms with E-state index in [4.69, 9.17) is 13.9 Å². The van der Waals surface area contributed by atoms with Gasteiger partial charge in [0.2, 0.25) is 5.78 Å². The molecule has 1 aromatic carbocycles. The van der Waals surface area contributed by atoms with Crippen molar-refractivity contribution in [3.63, 3.8) is 0 Å².